The number of nitrogens with zero attached hydrogens (tertiary/aromatic N) is 1. The second kappa shape index (κ2) is 10.7. The van der Waals surface area contributed by atoms with Gasteiger partial charge in [-0.05, 0) is 50.2 Å². The number of amides is 2. The van der Waals surface area contributed by atoms with E-state index in [9.17, 15) is 9.59 Å². The number of fused-ring (bicyclic) bond motifs is 2. The Labute approximate surface area is 173 Å². The molecule has 2 saturated heterocycles. The number of carbonyl (C=O) groups is 2. The van der Waals surface area contributed by atoms with E-state index >= 15 is 0 Å². The minimum absolute atomic E-state index is 0. The maximum atomic E-state index is 12.8. The number of ether oxygens (including phenoxy) is 1. The molecule has 0 spiro atoms. The van der Waals surface area contributed by atoms with Gasteiger partial charge in [0.1, 0.15) is 5.75 Å². The van der Waals surface area contributed by atoms with Crippen molar-refractivity contribution in [1.29, 1.82) is 0 Å². The zero-order chi connectivity index (χ0) is 19.2. The van der Waals surface area contributed by atoms with Gasteiger partial charge in [0.05, 0.1) is 19.3 Å². The molecule has 2 fully saturated rings. The molecule has 6 nitrogen and oxygen atoms in total. The van der Waals surface area contributed by atoms with Gasteiger partial charge in [-0.1, -0.05) is 19.1 Å². The van der Waals surface area contributed by atoms with Crippen LogP contribution in [-0.2, 0) is 9.59 Å². The Bertz CT molecular complexity index is 658. The van der Waals surface area contributed by atoms with Gasteiger partial charge in [0.25, 0.3) is 0 Å². The number of hydrogen-bond acceptors (Lipinski definition) is 4. The maximum Gasteiger partial charge on any atom is 0.244 e. The number of benzene rings is 1. The molecule has 2 heterocycles. The predicted molar refractivity (Wildman–Crippen MR) is 113 cm³/mol. The molecule has 2 aliphatic rings. The van der Waals surface area contributed by atoms with E-state index in [1.807, 2.05) is 19.1 Å². The summed E-state index contributed by atoms with van der Waals surface area (Å²) in [6.07, 6.45) is 6.01. The van der Waals surface area contributed by atoms with Crippen molar-refractivity contribution in [1.82, 2.24) is 10.2 Å². The molecule has 7 heteroatoms. The Kier molecular flexibility index (Phi) is 8.58. The number of halogens is 1. The quantitative estimate of drug-likeness (QED) is 0.691. The molecule has 156 valence electrons. The molecule has 0 radical (unpaired) electrons. The minimum Gasteiger partial charge on any atom is -0.495 e. The van der Waals surface area contributed by atoms with E-state index in [-0.39, 0.29) is 30.8 Å². The van der Waals surface area contributed by atoms with Crippen LogP contribution in [0.15, 0.2) is 24.3 Å². The third-order valence-electron chi connectivity index (χ3n) is 5.60. The zero-order valence-corrected chi connectivity index (χ0v) is 17.6. The highest BCUT2D eigenvalue weighted by Crippen LogP contribution is 2.33. The highest BCUT2D eigenvalue weighted by molar-refractivity contribution is 5.95. The molecular weight excluding hydrogens is 378 g/mol. The molecule has 1 aromatic rings. The lowest BCUT2D eigenvalue weighted by Gasteiger charge is -2.30. The van der Waals surface area contributed by atoms with Gasteiger partial charge in [0.15, 0.2) is 0 Å². The topological polar surface area (TPSA) is 70.7 Å². The summed E-state index contributed by atoms with van der Waals surface area (Å²) in [5, 5.41) is 6.48. The average Bonchev–Trinajstić information content (AvgIpc) is 3.00. The van der Waals surface area contributed by atoms with E-state index < -0.39 is 0 Å². The van der Waals surface area contributed by atoms with Crippen LogP contribution in [0.5, 0.6) is 5.75 Å². The van der Waals surface area contributed by atoms with Gasteiger partial charge >= 0.3 is 0 Å². The lowest BCUT2D eigenvalue weighted by molar-refractivity contribution is -0.135. The first-order valence-corrected chi connectivity index (χ1v) is 10.1. The van der Waals surface area contributed by atoms with Crippen molar-refractivity contribution in [2.45, 2.75) is 57.5 Å². The van der Waals surface area contributed by atoms with Crippen LogP contribution in [-0.4, -0.2) is 49.0 Å². The molecule has 0 saturated carbocycles. The predicted octanol–water partition coefficient (Wildman–Crippen LogP) is 3.21. The van der Waals surface area contributed by atoms with Gasteiger partial charge in [-0.25, -0.2) is 0 Å². The highest BCUT2D eigenvalue weighted by atomic mass is 35.5. The molecule has 2 amide bonds. The first-order chi connectivity index (χ1) is 13.1. The van der Waals surface area contributed by atoms with Crippen LogP contribution in [0.4, 0.5) is 5.69 Å². The summed E-state index contributed by atoms with van der Waals surface area (Å²) in [6.45, 7) is 2.72. The number of methoxy groups -OCH3 is 1. The monoisotopic (exact) mass is 409 g/mol. The van der Waals surface area contributed by atoms with Gasteiger partial charge in [-0.15, -0.1) is 12.4 Å². The number of nitrogens with one attached hydrogen (secondary N) is 2. The largest absolute Gasteiger partial charge is 0.495 e. The number of para-hydroxylation sites is 2. The van der Waals surface area contributed by atoms with Crippen LogP contribution in [0.3, 0.4) is 0 Å². The fraction of sp³-hybridized carbons (Fsp3) is 0.619. The van der Waals surface area contributed by atoms with Gasteiger partial charge in [-0.3, -0.25) is 9.59 Å². The first-order valence-electron chi connectivity index (χ1n) is 10.1. The highest BCUT2D eigenvalue weighted by Gasteiger charge is 2.34. The molecule has 2 atom stereocenters. The van der Waals surface area contributed by atoms with Crippen LogP contribution >= 0.6 is 12.4 Å². The van der Waals surface area contributed by atoms with Crippen molar-refractivity contribution in [2.24, 2.45) is 5.92 Å². The summed E-state index contributed by atoms with van der Waals surface area (Å²) in [4.78, 5) is 27.1. The maximum absolute atomic E-state index is 12.8. The van der Waals surface area contributed by atoms with Crippen molar-refractivity contribution in [3.8, 4) is 5.75 Å². The van der Waals surface area contributed by atoms with E-state index in [1.165, 1.54) is 12.8 Å². The van der Waals surface area contributed by atoms with E-state index in [4.69, 9.17) is 4.74 Å². The lowest BCUT2D eigenvalue weighted by Crippen LogP contribution is -2.42. The molecule has 2 bridgehead atoms. The van der Waals surface area contributed by atoms with Crippen molar-refractivity contribution < 1.29 is 14.3 Å². The van der Waals surface area contributed by atoms with Crippen LogP contribution in [0.1, 0.15) is 45.4 Å². The van der Waals surface area contributed by atoms with Crippen LogP contribution < -0.4 is 15.4 Å². The summed E-state index contributed by atoms with van der Waals surface area (Å²) in [5.41, 5.74) is 0.629. The molecular formula is C21H32ClN3O3. The van der Waals surface area contributed by atoms with Gasteiger partial charge in [0, 0.05) is 25.0 Å². The minimum atomic E-state index is -0.188. The standard InChI is InChI=1S/C21H31N3O3.ClH/c1-3-10-24(14-20(25)23-18-6-4-5-7-19(18)27-2)21(26)13-15-11-16-8-9-17(12-15)22-16;/h4-7,15-17,22H,3,8-14H2,1-2H3,(H,23,25);1H. The van der Waals surface area contributed by atoms with Gasteiger partial charge in [-0.2, -0.15) is 0 Å². The van der Waals surface area contributed by atoms with E-state index in [0.717, 1.165) is 19.3 Å². The smallest absolute Gasteiger partial charge is 0.244 e. The Morgan fingerprint density at radius 3 is 2.54 bits per heavy atom. The molecule has 0 aliphatic carbocycles. The van der Waals surface area contributed by atoms with Crippen molar-refractivity contribution >= 4 is 29.9 Å². The summed E-state index contributed by atoms with van der Waals surface area (Å²) in [5.74, 6) is 0.960. The van der Waals surface area contributed by atoms with Crippen molar-refractivity contribution in [2.75, 3.05) is 25.5 Å². The first kappa shape index (κ1) is 22.5. The third kappa shape index (κ3) is 5.85. The second-order valence-corrected chi connectivity index (χ2v) is 7.74. The zero-order valence-electron chi connectivity index (χ0n) is 16.8. The Balaban J connectivity index is 0.00000280. The van der Waals surface area contributed by atoms with Gasteiger partial charge < -0.3 is 20.3 Å². The Morgan fingerprint density at radius 1 is 1.21 bits per heavy atom. The molecule has 0 aromatic heterocycles. The molecule has 2 aliphatic heterocycles. The molecule has 2 unspecified atom stereocenters. The van der Waals surface area contributed by atoms with Crippen molar-refractivity contribution in [3.05, 3.63) is 24.3 Å². The summed E-state index contributed by atoms with van der Waals surface area (Å²) in [7, 11) is 1.57. The van der Waals surface area contributed by atoms with Crippen LogP contribution in [0, 0.1) is 5.92 Å². The molecule has 1 aromatic carbocycles. The number of anilines is 1. The van der Waals surface area contributed by atoms with Gasteiger partial charge in [0.2, 0.25) is 11.8 Å². The average molecular weight is 410 g/mol. The van der Waals surface area contributed by atoms with E-state index in [2.05, 4.69) is 10.6 Å². The Hall–Kier alpha value is -1.79. The summed E-state index contributed by atoms with van der Waals surface area (Å²) >= 11 is 0. The molecule has 3 rings (SSSR count). The second-order valence-electron chi connectivity index (χ2n) is 7.74. The number of hydrogen-bond donors (Lipinski definition) is 2. The SMILES string of the molecule is CCCN(CC(=O)Nc1ccccc1OC)C(=O)CC1CC2CCC(C1)N2.Cl. The Morgan fingerprint density at radius 2 is 1.89 bits per heavy atom. The van der Waals surface area contributed by atoms with E-state index in [0.29, 0.717) is 42.4 Å². The normalized spacial score (nSPS) is 22.9. The third-order valence-corrected chi connectivity index (χ3v) is 5.60. The van der Waals surface area contributed by atoms with Crippen LogP contribution in [0.2, 0.25) is 0 Å². The summed E-state index contributed by atoms with van der Waals surface area (Å²) < 4.78 is 5.27. The fourth-order valence-corrected chi connectivity index (χ4v) is 4.39. The van der Waals surface area contributed by atoms with Crippen molar-refractivity contribution in [3.63, 3.8) is 0 Å². The lowest BCUT2D eigenvalue weighted by atomic mass is 9.89. The number of piperidine rings is 1. The molecule has 2 N–H and O–H groups in total. The summed E-state index contributed by atoms with van der Waals surface area (Å²) in [6, 6.07) is 8.46. The number of rotatable bonds is 8. The fourth-order valence-electron chi connectivity index (χ4n) is 4.39. The van der Waals surface area contributed by atoms with E-state index in [1.54, 1.807) is 24.1 Å². The number of carbonyl (C=O) groups excluding carboxylic acids is 2. The van der Waals surface area contributed by atoms with Crippen LogP contribution in [0.25, 0.3) is 0 Å². The molecule has 28 heavy (non-hydrogen) atoms.